The molecule has 2 heteroatoms. The number of hydrogen-bond donors (Lipinski definition) is 0. The Kier molecular flexibility index (Phi) is 4.68. The van der Waals surface area contributed by atoms with Crippen LogP contribution in [0.3, 0.4) is 0 Å². The maximum absolute atomic E-state index is 5.16. The van der Waals surface area contributed by atoms with E-state index >= 15 is 0 Å². The molecule has 0 fully saturated rings. The van der Waals surface area contributed by atoms with Gasteiger partial charge >= 0.3 is 0 Å². The van der Waals surface area contributed by atoms with Crippen molar-refractivity contribution in [3.8, 4) is 0 Å². The molecule has 8 rings (SSSR count). The molecular weight excluding hydrogens is 460 g/mol. The van der Waals surface area contributed by atoms with Crippen LogP contribution in [0.5, 0.6) is 0 Å². The predicted molar refractivity (Wildman–Crippen MR) is 159 cm³/mol. The van der Waals surface area contributed by atoms with Gasteiger partial charge in [0.25, 0.3) is 0 Å². The van der Waals surface area contributed by atoms with E-state index in [1.54, 1.807) is 0 Å². The van der Waals surface area contributed by atoms with Gasteiger partial charge in [-0.1, -0.05) is 127 Å². The summed E-state index contributed by atoms with van der Waals surface area (Å²) in [6, 6.07) is 40.9. The quantitative estimate of drug-likeness (QED) is 0.223. The lowest BCUT2D eigenvalue weighted by Gasteiger charge is -2.26. The third kappa shape index (κ3) is 3.20. The summed E-state index contributed by atoms with van der Waals surface area (Å²) < 4.78 is 0. The van der Waals surface area contributed by atoms with Crippen molar-refractivity contribution >= 4 is 50.0 Å². The van der Waals surface area contributed by atoms with Crippen LogP contribution in [0.1, 0.15) is 39.9 Å². The first kappa shape index (κ1) is 21.3. The standard InChI is InChI=1S/C36H24N2/c1-2-16-28-23(8-1)9-5-17-29(28)32-22-27-15-4-11-25-14-7-19-31(35(25)27)36(32)38-37-33-21-20-26-12-3-10-24-13-6-18-30(33)34(24)26/h1-22,33,36H. The molecule has 0 bridgehead atoms. The van der Waals surface area contributed by atoms with Crippen LogP contribution in [0, 0.1) is 0 Å². The highest BCUT2D eigenvalue weighted by Gasteiger charge is 2.27. The third-order valence-corrected chi connectivity index (χ3v) is 8.02. The Morgan fingerprint density at radius 2 is 1.13 bits per heavy atom. The van der Waals surface area contributed by atoms with E-state index in [4.69, 9.17) is 10.2 Å². The summed E-state index contributed by atoms with van der Waals surface area (Å²) in [5.74, 6) is 0. The van der Waals surface area contributed by atoms with E-state index in [0.29, 0.717) is 0 Å². The van der Waals surface area contributed by atoms with E-state index in [2.05, 4.69) is 133 Å². The average Bonchev–Trinajstić information content (AvgIpc) is 2.97. The highest BCUT2D eigenvalue weighted by Crippen LogP contribution is 2.46. The molecule has 0 amide bonds. The Balaban J connectivity index is 1.32. The molecule has 178 valence electrons. The molecule has 6 aromatic rings. The molecule has 38 heavy (non-hydrogen) atoms. The minimum atomic E-state index is -0.191. The van der Waals surface area contributed by atoms with Gasteiger partial charge in [0.15, 0.2) is 0 Å². The van der Waals surface area contributed by atoms with Crippen molar-refractivity contribution < 1.29 is 0 Å². The smallest absolute Gasteiger partial charge is 0.122 e. The highest BCUT2D eigenvalue weighted by molar-refractivity contribution is 6.07. The second-order valence-corrected chi connectivity index (χ2v) is 10.1. The van der Waals surface area contributed by atoms with E-state index in [0.717, 1.165) is 0 Å². The van der Waals surface area contributed by atoms with Gasteiger partial charge in [0.05, 0.1) is 0 Å². The molecule has 2 aliphatic rings. The Morgan fingerprint density at radius 3 is 1.97 bits per heavy atom. The topological polar surface area (TPSA) is 24.7 Å². The lowest BCUT2D eigenvalue weighted by Crippen LogP contribution is -2.07. The van der Waals surface area contributed by atoms with Crippen LogP contribution in [-0.2, 0) is 0 Å². The minimum Gasteiger partial charge on any atom is -0.181 e. The fraction of sp³-hybridized carbons (Fsp3) is 0.0556. The lowest BCUT2D eigenvalue weighted by molar-refractivity contribution is 0.746. The van der Waals surface area contributed by atoms with Gasteiger partial charge in [-0.2, -0.15) is 10.2 Å². The Labute approximate surface area is 221 Å². The van der Waals surface area contributed by atoms with Crippen LogP contribution in [0.15, 0.2) is 132 Å². The van der Waals surface area contributed by atoms with Crippen LogP contribution in [0.4, 0.5) is 0 Å². The van der Waals surface area contributed by atoms with Crippen molar-refractivity contribution in [3.05, 3.63) is 149 Å². The zero-order chi connectivity index (χ0) is 25.1. The maximum Gasteiger partial charge on any atom is 0.122 e. The summed E-state index contributed by atoms with van der Waals surface area (Å²) in [6.07, 6.45) is 6.70. The molecule has 0 aromatic heterocycles. The van der Waals surface area contributed by atoms with E-state index < -0.39 is 0 Å². The van der Waals surface area contributed by atoms with Gasteiger partial charge in [-0.3, -0.25) is 0 Å². The molecule has 6 aromatic carbocycles. The van der Waals surface area contributed by atoms with E-state index in [9.17, 15) is 0 Å². The van der Waals surface area contributed by atoms with Gasteiger partial charge in [0, 0.05) is 0 Å². The highest BCUT2D eigenvalue weighted by atomic mass is 15.1. The van der Waals surface area contributed by atoms with Crippen LogP contribution < -0.4 is 0 Å². The first-order chi connectivity index (χ1) is 18.8. The summed E-state index contributed by atoms with van der Waals surface area (Å²) >= 11 is 0. The van der Waals surface area contributed by atoms with Gasteiger partial charge in [-0.15, -0.1) is 0 Å². The Bertz CT molecular complexity index is 1980. The molecule has 0 aliphatic heterocycles. The first-order valence-corrected chi connectivity index (χ1v) is 13.2. The van der Waals surface area contributed by atoms with Crippen molar-refractivity contribution in [2.24, 2.45) is 10.2 Å². The van der Waals surface area contributed by atoms with Crippen molar-refractivity contribution in [2.45, 2.75) is 12.1 Å². The predicted octanol–water partition coefficient (Wildman–Crippen LogP) is 9.96. The largest absolute Gasteiger partial charge is 0.181 e. The molecule has 2 unspecified atom stereocenters. The van der Waals surface area contributed by atoms with E-state index in [-0.39, 0.29) is 12.1 Å². The molecular formula is C36H24N2. The number of nitrogens with zero attached hydrogens (tertiary/aromatic N) is 2. The monoisotopic (exact) mass is 484 g/mol. The Hall–Kier alpha value is -4.82. The van der Waals surface area contributed by atoms with Crippen LogP contribution in [0.25, 0.3) is 50.0 Å². The SMILES string of the molecule is C1=CC(N=NC2C(c3cccc4ccccc34)=Cc3cccc4cccc2c34)c2cccc3cccc1c23. The molecule has 0 radical (unpaired) electrons. The zero-order valence-corrected chi connectivity index (χ0v) is 20.8. The van der Waals surface area contributed by atoms with Crippen molar-refractivity contribution in [2.75, 3.05) is 0 Å². The van der Waals surface area contributed by atoms with Crippen molar-refractivity contribution in [1.82, 2.24) is 0 Å². The Morgan fingerprint density at radius 1 is 0.500 bits per heavy atom. The number of benzene rings is 6. The molecule has 2 nitrogen and oxygen atoms in total. The molecule has 0 spiro atoms. The van der Waals surface area contributed by atoms with Gasteiger partial charge < -0.3 is 0 Å². The number of azo groups is 1. The second kappa shape index (κ2) is 8.36. The van der Waals surface area contributed by atoms with Crippen molar-refractivity contribution in [3.63, 3.8) is 0 Å². The van der Waals surface area contributed by atoms with E-state index in [1.165, 1.54) is 65.7 Å². The summed E-state index contributed by atoms with van der Waals surface area (Å²) in [4.78, 5) is 0. The molecule has 2 atom stereocenters. The molecule has 2 aliphatic carbocycles. The zero-order valence-electron chi connectivity index (χ0n) is 20.8. The maximum atomic E-state index is 5.16. The normalized spacial score (nSPS) is 17.9. The lowest BCUT2D eigenvalue weighted by atomic mass is 9.81. The first-order valence-electron chi connectivity index (χ1n) is 13.2. The number of rotatable bonds is 3. The third-order valence-electron chi connectivity index (χ3n) is 8.02. The van der Waals surface area contributed by atoms with Crippen LogP contribution >= 0.6 is 0 Å². The molecule has 0 saturated carbocycles. The summed E-state index contributed by atoms with van der Waals surface area (Å²) in [7, 11) is 0. The minimum absolute atomic E-state index is 0.112. The van der Waals surface area contributed by atoms with Crippen LogP contribution in [0.2, 0.25) is 0 Å². The van der Waals surface area contributed by atoms with Crippen LogP contribution in [-0.4, -0.2) is 0 Å². The van der Waals surface area contributed by atoms with E-state index in [1.807, 2.05) is 0 Å². The average molecular weight is 485 g/mol. The molecule has 0 heterocycles. The summed E-state index contributed by atoms with van der Waals surface area (Å²) in [5.41, 5.74) is 7.32. The van der Waals surface area contributed by atoms with Gasteiger partial charge in [-0.05, 0) is 71.8 Å². The summed E-state index contributed by atoms with van der Waals surface area (Å²) in [5, 5.41) is 17.7. The number of fused-ring (bicyclic) bond motifs is 1. The summed E-state index contributed by atoms with van der Waals surface area (Å²) in [6.45, 7) is 0. The van der Waals surface area contributed by atoms with Crippen molar-refractivity contribution in [1.29, 1.82) is 0 Å². The fourth-order valence-corrected chi connectivity index (χ4v) is 6.31. The molecule has 0 saturated heterocycles. The number of hydrogen-bond acceptors (Lipinski definition) is 2. The van der Waals surface area contributed by atoms with Gasteiger partial charge in [0.1, 0.15) is 12.1 Å². The van der Waals surface area contributed by atoms with Gasteiger partial charge in [0.2, 0.25) is 0 Å². The van der Waals surface area contributed by atoms with Gasteiger partial charge in [-0.25, -0.2) is 0 Å². The fourth-order valence-electron chi connectivity index (χ4n) is 6.31. The molecule has 0 N–H and O–H groups in total. The second-order valence-electron chi connectivity index (χ2n) is 10.1.